The minimum absolute atomic E-state index is 0.251. The lowest BCUT2D eigenvalue weighted by atomic mass is 9.94. The van der Waals surface area contributed by atoms with Gasteiger partial charge in [-0.3, -0.25) is 4.79 Å². The first-order valence-corrected chi connectivity index (χ1v) is 11.2. The van der Waals surface area contributed by atoms with Gasteiger partial charge in [0.25, 0.3) is 5.91 Å². The van der Waals surface area contributed by atoms with Crippen molar-refractivity contribution in [1.82, 2.24) is 14.8 Å². The van der Waals surface area contributed by atoms with E-state index in [1.165, 1.54) is 0 Å². The van der Waals surface area contributed by atoms with Crippen LogP contribution in [0, 0.1) is 6.92 Å². The summed E-state index contributed by atoms with van der Waals surface area (Å²) in [6.07, 6.45) is 0.679. The summed E-state index contributed by atoms with van der Waals surface area (Å²) >= 11 is 6.27. The van der Waals surface area contributed by atoms with E-state index in [0.29, 0.717) is 64.9 Å². The highest BCUT2D eigenvalue weighted by atomic mass is 35.5. The summed E-state index contributed by atoms with van der Waals surface area (Å²) in [5, 5.41) is 11.5. The third kappa shape index (κ3) is 3.91. The number of aromatic nitrogens is 3. The number of allylic oxidation sites excluding steroid dienone is 1. The Bertz CT molecular complexity index is 1280. The Morgan fingerprint density at radius 1 is 1.18 bits per heavy atom. The van der Waals surface area contributed by atoms with Gasteiger partial charge in [-0.15, -0.1) is 0 Å². The fourth-order valence-electron chi connectivity index (χ4n) is 4.05. The molecule has 8 nitrogen and oxygen atoms in total. The number of carbonyl (C=O) groups excluding carboxylic acids is 1. The highest BCUT2D eigenvalue weighted by molar-refractivity contribution is 6.31. The lowest BCUT2D eigenvalue weighted by Crippen LogP contribution is -2.31. The van der Waals surface area contributed by atoms with Crippen LogP contribution in [0.3, 0.4) is 0 Å². The number of rotatable bonds is 4. The highest BCUT2D eigenvalue weighted by Gasteiger charge is 2.35. The average molecular weight is 466 g/mol. The predicted octanol–water partition coefficient (Wildman–Crippen LogP) is 4.50. The lowest BCUT2D eigenvalue weighted by Gasteiger charge is -2.29. The first kappa shape index (κ1) is 21.3. The molecule has 1 amide bonds. The van der Waals surface area contributed by atoms with Crippen LogP contribution in [-0.2, 0) is 11.2 Å². The van der Waals surface area contributed by atoms with Gasteiger partial charge in [-0.1, -0.05) is 30.7 Å². The number of carbonyl (C=O) groups is 1. The number of nitrogens with zero attached hydrogens (tertiary/aromatic N) is 3. The van der Waals surface area contributed by atoms with Crippen LogP contribution >= 0.6 is 11.6 Å². The third-order valence-corrected chi connectivity index (χ3v) is 6.18. The molecule has 0 saturated carbocycles. The van der Waals surface area contributed by atoms with E-state index in [9.17, 15) is 4.79 Å². The first-order valence-electron chi connectivity index (χ1n) is 10.8. The summed E-state index contributed by atoms with van der Waals surface area (Å²) in [6.45, 7) is 6.77. The molecule has 0 spiro atoms. The topological polar surface area (TPSA) is 90.3 Å². The molecule has 2 N–H and O–H groups in total. The summed E-state index contributed by atoms with van der Waals surface area (Å²) in [7, 11) is 0. The van der Waals surface area contributed by atoms with Crippen molar-refractivity contribution in [3.8, 4) is 11.5 Å². The Morgan fingerprint density at radius 2 is 1.97 bits per heavy atom. The van der Waals surface area contributed by atoms with Gasteiger partial charge in [-0.05, 0) is 49.2 Å². The molecule has 3 heterocycles. The van der Waals surface area contributed by atoms with Gasteiger partial charge in [-0.25, -0.2) is 4.68 Å². The van der Waals surface area contributed by atoms with Crippen molar-refractivity contribution in [2.45, 2.75) is 33.2 Å². The van der Waals surface area contributed by atoms with Crippen molar-refractivity contribution < 1.29 is 14.3 Å². The van der Waals surface area contributed by atoms with Crippen LogP contribution in [0.25, 0.3) is 0 Å². The normalized spacial score (nSPS) is 16.8. The van der Waals surface area contributed by atoms with E-state index in [1.807, 2.05) is 51.1 Å². The van der Waals surface area contributed by atoms with E-state index in [4.69, 9.17) is 21.1 Å². The van der Waals surface area contributed by atoms with Crippen LogP contribution in [0.4, 0.5) is 11.6 Å². The van der Waals surface area contributed by atoms with Crippen molar-refractivity contribution in [1.29, 1.82) is 0 Å². The molecular weight excluding hydrogens is 442 g/mol. The number of ether oxygens (including phenoxy) is 2. The van der Waals surface area contributed by atoms with Crippen LogP contribution in [0.1, 0.15) is 36.8 Å². The molecule has 5 rings (SSSR count). The molecule has 0 fully saturated rings. The zero-order valence-corrected chi connectivity index (χ0v) is 19.4. The van der Waals surface area contributed by atoms with Gasteiger partial charge in [-0.2, -0.15) is 10.1 Å². The third-order valence-electron chi connectivity index (χ3n) is 5.77. The number of amides is 1. The predicted molar refractivity (Wildman–Crippen MR) is 126 cm³/mol. The smallest absolute Gasteiger partial charge is 0.255 e. The quantitative estimate of drug-likeness (QED) is 0.589. The van der Waals surface area contributed by atoms with Crippen molar-refractivity contribution >= 4 is 29.1 Å². The molecule has 0 saturated heterocycles. The second-order valence-electron chi connectivity index (χ2n) is 8.04. The molecule has 1 unspecified atom stereocenters. The van der Waals surface area contributed by atoms with E-state index < -0.39 is 6.04 Å². The molecule has 3 aromatic rings. The summed E-state index contributed by atoms with van der Waals surface area (Å²) in [5.41, 5.74) is 3.64. The molecular formula is C24H24ClN5O3. The zero-order chi connectivity index (χ0) is 23.1. The van der Waals surface area contributed by atoms with Gasteiger partial charge >= 0.3 is 0 Å². The molecule has 2 aliphatic rings. The largest absolute Gasteiger partial charge is 0.486 e. The zero-order valence-electron chi connectivity index (χ0n) is 18.6. The van der Waals surface area contributed by atoms with Crippen LogP contribution in [0.5, 0.6) is 11.5 Å². The average Bonchev–Trinajstić information content (AvgIpc) is 3.23. The minimum Gasteiger partial charge on any atom is -0.486 e. The molecule has 1 aromatic heterocycles. The van der Waals surface area contributed by atoms with Crippen molar-refractivity contribution in [3.63, 3.8) is 0 Å². The van der Waals surface area contributed by atoms with Gasteiger partial charge in [0.2, 0.25) is 5.95 Å². The van der Waals surface area contributed by atoms with Gasteiger partial charge in [0, 0.05) is 22.8 Å². The fourth-order valence-corrected chi connectivity index (χ4v) is 4.23. The molecule has 0 bridgehead atoms. The lowest BCUT2D eigenvalue weighted by molar-refractivity contribution is -0.113. The van der Waals surface area contributed by atoms with Gasteiger partial charge < -0.3 is 20.1 Å². The Balaban J connectivity index is 1.58. The van der Waals surface area contributed by atoms with Gasteiger partial charge in [0.1, 0.15) is 19.3 Å². The molecule has 9 heteroatoms. The number of benzene rings is 2. The van der Waals surface area contributed by atoms with Crippen molar-refractivity contribution in [2.24, 2.45) is 0 Å². The molecule has 170 valence electrons. The molecule has 0 aliphatic carbocycles. The summed E-state index contributed by atoms with van der Waals surface area (Å²) in [4.78, 5) is 18.1. The molecule has 1 atom stereocenters. The maximum atomic E-state index is 13.6. The van der Waals surface area contributed by atoms with E-state index in [-0.39, 0.29) is 5.91 Å². The highest BCUT2D eigenvalue weighted by Crippen LogP contribution is 2.40. The van der Waals surface area contributed by atoms with Crippen LogP contribution in [-0.4, -0.2) is 33.9 Å². The van der Waals surface area contributed by atoms with Crippen LogP contribution < -0.4 is 20.1 Å². The molecule has 0 radical (unpaired) electrons. The Morgan fingerprint density at radius 3 is 2.73 bits per heavy atom. The first-order chi connectivity index (χ1) is 15.9. The fraction of sp³-hybridized carbons (Fsp3) is 0.292. The van der Waals surface area contributed by atoms with E-state index in [2.05, 4.69) is 20.7 Å². The monoisotopic (exact) mass is 465 g/mol. The SMILES string of the molecule is CCc1nc2n(n1)C(c1ccc3c(c1)OCCO3)C(C(=O)Nc1ccc(C)c(Cl)c1)=C(C)N2. The minimum atomic E-state index is -0.495. The molecule has 2 aliphatic heterocycles. The number of nitrogens with one attached hydrogen (secondary N) is 2. The van der Waals surface area contributed by atoms with Gasteiger partial charge in [0.05, 0.1) is 5.57 Å². The summed E-state index contributed by atoms with van der Waals surface area (Å²) in [6, 6.07) is 10.7. The Kier molecular flexibility index (Phi) is 5.46. The Hall–Kier alpha value is -3.52. The number of fused-ring (bicyclic) bond motifs is 2. The van der Waals surface area contributed by atoms with Crippen molar-refractivity contribution in [2.75, 3.05) is 23.8 Å². The molecule has 2 aromatic carbocycles. The Labute approximate surface area is 196 Å². The maximum absolute atomic E-state index is 13.6. The van der Waals surface area contributed by atoms with E-state index in [1.54, 1.807) is 10.7 Å². The standard InChI is InChI=1S/C24H24ClN5O3/c1-4-20-28-24-26-14(3)21(23(31)27-16-7-5-13(2)17(25)12-16)22(30(24)29-20)15-6-8-18-19(11-15)33-10-9-32-18/h5-8,11-12,22H,4,9-10H2,1-3H3,(H,27,31)(H,26,28,29). The number of anilines is 2. The number of halogens is 1. The molecule has 33 heavy (non-hydrogen) atoms. The van der Waals surface area contributed by atoms with E-state index in [0.717, 1.165) is 11.1 Å². The summed E-state index contributed by atoms with van der Waals surface area (Å²) < 4.78 is 13.2. The number of hydrogen-bond acceptors (Lipinski definition) is 6. The summed E-state index contributed by atoms with van der Waals surface area (Å²) in [5.74, 6) is 2.38. The van der Waals surface area contributed by atoms with Gasteiger partial charge in [0.15, 0.2) is 17.3 Å². The van der Waals surface area contributed by atoms with Crippen LogP contribution in [0.15, 0.2) is 47.7 Å². The second kappa shape index (κ2) is 8.44. The maximum Gasteiger partial charge on any atom is 0.255 e. The van der Waals surface area contributed by atoms with Crippen LogP contribution in [0.2, 0.25) is 5.02 Å². The van der Waals surface area contributed by atoms with Crippen molar-refractivity contribution in [3.05, 3.63) is 69.6 Å². The second-order valence-corrected chi connectivity index (χ2v) is 8.44. The number of aryl methyl sites for hydroxylation is 2. The van der Waals surface area contributed by atoms with E-state index >= 15 is 0 Å². The number of hydrogen-bond donors (Lipinski definition) is 2.